The summed E-state index contributed by atoms with van der Waals surface area (Å²) in [7, 11) is 0. The van der Waals surface area contributed by atoms with Crippen molar-refractivity contribution in [3.05, 3.63) is 71.0 Å². The van der Waals surface area contributed by atoms with Crippen molar-refractivity contribution in [3.63, 3.8) is 0 Å². The number of benzene rings is 2. The van der Waals surface area contributed by atoms with E-state index >= 15 is 0 Å². The molecule has 6 heteroatoms. The maximum absolute atomic E-state index is 13.2. The number of carbonyl (C=O) groups is 1. The number of aromatic nitrogens is 1. The monoisotopic (exact) mass is 381 g/mol. The van der Waals surface area contributed by atoms with Crippen molar-refractivity contribution in [3.8, 4) is 0 Å². The van der Waals surface area contributed by atoms with Crippen LogP contribution < -0.4 is 0 Å². The van der Waals surface area contributed by atoms with Crippen LogP contribution in [0.3, 0.4) is 0 Å². The number of halogens is 1. The van der Waals surface area contributed by atoms with Crippen LogP contribution in [0.15, 0.2) is 54.6 Å². The fraction of sp³-hybridized carbons (Fsp3) is 0.238. The molecule has 1 amide bonds. The molecule has 1 fully saturated rings. The van der Waals surface area contributed by atoms with Crippen molar-refractivity contribution in [1.82, 2.24) is 14.8 Å². The first-order valence-corrected chi connectivity index (χ1v) is 9.78. The molecule has 27 heavy (non-hydrogen) atoms. The molecule has 0 unspecified atom stereocenters. The predicted molar refractivity (Wildman–Crippen MR) is 107 cm³/mol. The van der Waals surface area contributed by atoms with Crippen LogP contribution in [0.2, 0.25) is 0 Å². The number of piperazine rings is 1. The Labute approximate surface area is 161 Å². The standard InChI is InChI=1S/C21H20FN3OS/c22-17-5-3-4-16(14-17)8-9-21(26)25-12-10-24(11-13-25)15-20-23-18-6-1-2-7-19(18)27-20/h1-9,14H,10-13,15H2/b9-8+. The second-order valence-electron chi connectivity index (χ2n) is 6.57. The van der Waals surface area contributed by atoms with Gasteiger partial charge in [-0.2, -0.15) is 0 Å². The molecule has 0 aliphatic carbocycles. The van der Waals surface area contributed by atoms with E-state index in [-0.39, 0.29) is 11.7 Å². The fourth-order valence-electron chi connectivity index (χ4n) is 3.19. The molecule has 1 aliphatic heterocycles. The average Bonchev–Trinajstić information content (AvgIpc) is 3.09. The lowest BCUT2D eigenvalue weighted by Gasteiger charge is -2.33. The van der Waals surface area contributed by atoms with E-state index in [1.807, 2.05) is 23.1 Å². The van der Waals surface area contributed by atoms with Gasteiger partial charge in [0.25, 0.3) is 0 Å². The molecule has 0 N–H and O–H groups in total. The number of fused-ring (bicyclic) bond motifs is 1. The van der Waals surface area contributed by atoms with Crippen LogP contribution in [0.1, 0.15) is 10.6 Å². The molecule has 0 bridgehead atoms. The molecule has 1 aromatic heterocycles. The number of nitrogens with zero attached hydrogens (tertiary/aromatic N) is 3. The number of carbonyl (C=O) groups excluding carboxylic acids is 1. The molecule has 1 aliphatic rings. The first-order chi connectivity index (χ1) is 13.2. The Hall–Kier alpha value is -2.57. The highest BCUT2D eigenvalue weighted by atomic mass is 32.1. The third kappa shape index (κ3) is 4.40. The summed E-state index contributed by atoms with van der Waals surface area (Å²) in [6, 6.07) is 14.4. The van der Waals surface area contributed by atoms with Crippen LogP contribution in [0, 0.1) is 5.82 Å². The van der Waals surface area contributed by atoms with E-state index in [4.69, 9.17) is 0 Å². The van der Waals surface area contributed by atoms with Gasteiger partial charge in [0.1, 0.15) is 10.8 Å². The van der Waals surface area contributed by atoms with Crippen molar-refractivity contribution in [2.24, 2.45) is 0 Å². The highest BCUT2D eigenvalue weighted by Gasteiger charge is 2.20. The largest absolute Gasteiger partial charge is 0.337 e. The van der Waals surface area contributed by atoms with Gasteiger partial charge in [0.05, 0.1) is 16.8 Å². The third-order valence-electron chi connectivity index (χ3n) is 4.65. The molecule has 0 radical (unpaired) electrons. The summed E-state index contributed by atoms with van der Waals surface area (Å²) < 4.78 is 14.4. The molecule has 3 aromatic rings. The molecule has 1 saturated heterocycles. The summed E-state index contributed by atoms with van der Waals surface area (Å²) in [6.07, 6.45) is 3.19. The zero-order valence-electron chi connectivity index (χ0n) is 14.8. The van der Waals surface area contributed by atoms with E-state index in [0.29, 0.717) is 18.7 Å². The Bertz CT molecular complexity index is 943. The van der Waals surface area contributed by atoms with Crippen molar-refractivity contribution < 1.29 is 9.18 Å². The molecule has 2 heterocycles. The minimum absolute atomic E-state index is 0.0288. The number of amides is 1. The molecule has 138 valence electrons. The smallest absolute Gasteiger partial charge is 0.246 e. The van der Waals surface area contributed by atoms with E-state index in [0.717, 1.165) is 30.2 Å². The highest BCUT2D eigenvalue weighted by molar-refractivity contribution is 7.18. The minimum Gasteiger partial charge on any atom is -0.337 e. The maximum atomic E-state index is 13.2. The molecule has 4 rings (SSSR count). The summed E-state index contributed by atoms with van der Waals surface area (Å²) >= 11 is 1.73. The Morgan fingerprint density at radius 2 is 1.93 bits per heavy atom. The van der Waals surface area contributed by atoms with E-state index in [9.17, 15) is 9.18 Å². The molecule has 0 saturated carbocycles. The van der Waals surface area contributed by atoms with E-state index in [1.54, 1.807) is 29.5 Å². The van der Waals surface area contributed by atoms with Crippen molar-refractivity contribution in [2.45, 2.75) is 6.54 Å². The van der Waals surface area contributed by atoms with Crippen molar-refractivity contribution >= 4 is 33.5 Å². The molecule has 0 spiro atoms. The van der Waals surface area contributed by atoms with Gasteiger partial charge in [0.15, 0.2) is 0 Å². The van der Waals surface area contributed by atoms with E-state index in [1.165, 1.54) is 22.9 Å². The second-order valence-corrected chi connectivity index (χ2v) is 7.68. The topological polar surface area (TPSA) is 36.4 Å². The Morgan fingerprint density at radius 1 is 1.11 bits per heavy atom. The van der Waals surface area contributed by atoms with Crippen LogP contribution >= 0.6 is 11.3 Å². The lowest BCUT2D eigenvalue weighted by molar-refractivity contribution is -0.127. The number of hydrogen-bond donors (Lipinski definition) is 0. The minimum atomic E-state index is -0.298. The first kappa shape index (κ1) is 17.8. The predicted octanol–water partition coefficient (Wildman–Crippen LogP) is 3.79. The fourth-order valence-corrected chi connectivity index (χ4v) is 4.20. The molecule has 0 atom stereocenters. The van der Waals surface area contributed by atoms with Gasteiger partial charge in [-0.05, 0) is 35.9 Å². The summed E-state index contributed by atoms with van der Waals surface area (Å²) in [6.45, 7) is 3.86. The number of thiazole rings is 1. The van der Waals surface area contributed by atoms with Crippen LogP contribution in [0.5, 0.6) is 0 Å². The van der Waals surface area contributed by atoms with Gasteiger partial charge in [-0.3, -0.25) is 9.69 Å². The lowest BCUT2D eigenvalue weighted by atomic mass is 10.2. The van der Waals surface area contributed by atoms with Gasteiger partial charge in [0.2, 0.25) is 5.91 Å². The van der Waals surface area contributed by atoms with Crippen LogP contribution in [-0.4, -0.2) is 46.9 Å². The quantitative estimate of drug-likeness (QED) is 0.645. The van der Waals surface area contributed by atoms with Crippen LogP contribution in [0.25, 0.3) is 16.3 Å². The van der Waals surface area contributed by atoms with Gasteiger partial charge in [-0.15, -0.1) is 11.3 Å². The van der Waals surface area contributed by atoms with Gasteiger partial charge in [-0.25, -0.2) is 9.37 Å². The highest BCUT2D eigenvalue weighted by Crippen LogP contribution is 2.23. The summed E-state index contributed by atoms with van der Waals surface area (Å²) in [5.74, 6) is -0.327. The normalized spacial score (nSPS) is 15.7. The first-order valence-electron chi connectivity index (χ1n) is 8.97. The number of para-hydroxylation sites is 1. The molecule has 2 aromatic carbocycles. The molecule has 4 nitrogen and oxygen atoms in total. The number of rotatable bonds is 4. The Morgan fingerprint density at radius 3 is 2.70 bits per heavy atom. The van der Waals surface area contributed by atoms with Crippen molar-refractivity contribution in [1.29, 1.82) is 0 Å². The zero-order chi connectivity index (χ0) is 18.6. The SMILES string of the molecule is O=C(/C=C/c1cccc(F)c1)N1CCN(Cc2nc3ccccc3s2)CC1. The van der Waals surface area contributed by atoms with E-state index < -0.39 is 0 Å². The number of hydrogen-bond acceptors (Lipinski definition) is 4. The average molecular weight is 381 g/mol. The lowest BCUT2D eigenvalue weighted by Crippen LogP contribution is -2.47. The van der Waals surface area contributed by atoms with Crippen LogP contribution in [-0.2, 0) is 11.3 Å². The summed E-state index contributed by atoms with van der Waals surface area (Å²) in [5, 5.41) is 1.11. The summed E-state index contributed by atoms with van der Waals surface area (Å²) in [5.41, 5.74) is 1.74. The Kier molecular flexibility index (Phi) is 5.27. The van der Waals surface area contributed by atoms with Gasteiger partial charge < -0.3 is 4.90 Å². The third-order valence-corrected chi connectivity index (χ3v) is 5.67. The second kappa shape index (κ2) is 7.98. The van der Waals surface area contributed by atoms with Gasteiger partial charge >= 0.3 is 0 Å². The zero-order valence-corrected chi connectivity index (χ0v) is 15.7. The summed E-state index contributed by atoms with van der Waals surface area (Å²) in [4.78, 5) is 21.2. The van der Waals surface area contributed by atoms with Crippen LogP contribution in [0.4, 0.5) is 4.39 Å². The van der Waals surface area contributed by atoms with Crippen molar-refractivity contribution in [2.75, 3.05) is 26.2 Å². The van der Waals surface area contributed by atoms with Gasteiger partial charge in [-0.1, -0.05) is 24.3 Å². The van der Waals surface area contributed by atoms with E-state index in [2.05, 4.69) is 16.0 Å². The molecular formula is C21H20FN3OS. The maximum Gasteiger partial charge on any atom is 0.246 e. The Balaban J connectivity index is 1.31. The van der Waals surface area contributed by atoms with Gasteiger partial charge in [0, 0.05) is 32.3 Å². The molecular weight excluding hydrogens is 361 g/mol.